The Kier molecular flexibility index (Phi) is 3.69. The van der Waals surface area contributed by atoms with E-state index in [0.717, 1.165) is 6.08 Å². The molecule has 0 spiro atoms. The third kappa shape index (κ3) is 4.40. The summed E-state index contributed by atoms with van der Waals surface area (Å²) >= 11 is 11.3. The lowest BCUT2D eigenvalue weighted by Crippen LogP contribution is -2.10. The van der Waals surface area contributed by atoms with Crippen LogP contribution in [0.3, 0.4) is 0 Å². The fourth-order valence-corrected chi connectivity index (χ4v) is 2.95. The lowest BCUT2D eigenvalue weighted by molar-refractivity contribution is -0.147. The summed E-state index contributed by atoms with van der Waals surface area (Å²) in [5, 5.41) is 0. The number of para-hydroxylation sites is 1. The summed E-state index contributed by atoms with van der Waals surface area (Å²) < 4.78 is 57.6. The number of allylic oxidation sites excluding steroid dienone is 1. The highest BCUT2D eigenvalue weighted by Crippen LogP contribution is 2.60. The molecule has 0 aromatic heterocycles. The van der Waals surface area contributed by atoms with Crippen LogP contribution in [0, 0.1) is 17.3 Å². The molecule has 2 aromatic rings. The number of ether oxygens (including phenoxy) is 2. The zero-order valence-corrected chi connectivity index (χ0v) is 15.1. The van der Waals surface area contributed by atoms with Gasteiger partial charge in [-0.05, 0) is 47.2 Å². The Morgan fingerprint density at radius 3 is 2.58 bits per heavy atom. The maximum absolute atomic E-state index is 12.8. The molecule has 1 aliphatic carbocycles. The van der Waals surface area contributed by atoms with Gasteiger partial charge in [0.2, 0.25) is 0 Å². The van der Waals surface area contributed by atoms with Crippen LogP contribution in [0.5, 0.6) is 11.5 Å². The molecule has 2 unspecified atom stereocenters. The Morgan fingerprint density at radius 2 is 1.88 bits per heavy atom. The number of hydrogen-bond donors (Lipinski definition) is 0. The van der Waals surface area contributed by atoms with E-state index in [2.05, 4.69) is 0 Å². The molecule has 136 valence electrons. The first kappa shape index (κ1) is 12.4. The number of benzene rings is 2. The lowest BCUT2D eigenvalue weighted by atomic mass is 10.1. The molecule has 2 atom stereocenters. The minimum absolute atomic E-state index is 0.190. The molecule has 0 amide bonds. The highest BCUT2D eigenvalue weighted by molar-refractivity contribution is 6.55. The van der Waals surface area contributed by atoms with Crippen molar-refractivity contribution in [3.63, 3.8) is 0 Å². The van der Waals surface area contributed by atoms with Crippen LogP contribution >= 0.6 is 23.2 Å². The number of halogens is 2. The van der Waals surface area contributed by atoms with Gasteiger partial charge in [-0.2, -0.15) is 0 Å². The molecule has 2 aromatic carbocycles. The molecule has 1 fully saturated rings. The van der Waals surface area contributed by atoms with Crippen LogP contribution in [0.15, 0.2) is 65.2 Å². The largest absolute Gasteiger partial charge is 0.461 e. The summed E-state index contributed by atoms with van der Waals surface area (Å²) in [5.74, 6) is -2.42. The third-order valence-corrected chi connectivity index (χ3v) is 4.34. The zero-order valence-electron chi connectivity index (χ0n) is 19.6. The molecule has 3 nitrogen and oxygen atoms in total. The summed E-state index contributed by atoms with van der Waals surface area (Å²) in [6.07, 6.45) is 1.09. The Balaban J connectivity index is 1.76. The van der Waals surface area contributed by atoms with Crippen molar-refractivity contribution in [3.8, 4) is 11.5 Å². The number of esters is 1. The maximum Gasteiger partial charge on any atom is 0.310 e. The first-order valence-corrected chi connectivity index (χ1v) is 8.65. The number of rotatable bonds is 6. The molecule has 0 saturated heterocycles. The standard InChI is InChI=1S/C21H20Cl2O3/c1-21(2)17(12-18(22)23)19(21)20(24)25-13-14-7-6-10-16(11-14)26-15-8-4-3-5-9-15/h3-12,17,19H,13H2,1-2H3/i1D3,2D3. The number of carbonyl (C=O) groups excluding carboxylic acids is 1. The van der Waals surface area contributed by atoms with E-state index < -0.39 is 36.9 Å². The molecule has 0 N–H and O–H groups in total. The average molecular weight is 397 g/mol. The molecule has 0 heterocycles. The second-order valence-electron chi connectivity index (χ2n) is 6.00. The van der Waals surface area contributed by atoms with E-state index in [1.807, 2.05) is 18.2 Å². The van der Waals surface area contributed by atoms with Crippen molar-refractivity contribution in [1.29, 1.82) is 0 Å². The van der Waals surface area contributed by atoms with Crippen LogP contribution < -0.4 is 4.74 Å². The third-order valence-electron chi connectivity index (χ3n) is 4.08. The minimum Gasteiger partial charge on any atom is -0.461 e. The van der Waals surface area contributed by atoms with E-state index in [1.54, 1.807) is 36.4 Å². The van der Waals surface area contributed by atoms with Crippen molar-refractivity contribution in [1.82, 2.24) is 0 Å². The molecule has 0 bridgehead atoms. The van der Waals surface area contributed by atoms with Crippen LogP contribution in [0.4, 0.5) is 0 Å². The first-order valence-electron chi connectivity index (χ1n) is 10.9. The van der Waals surface area contributed by atoms with E-state index in [0.29, 0.717) is 17.1 Å². The summed E-state index contributed by atoms with van der Waals surface area (Å²) in [4.78, 5) is 12.8. The topological polar surface area (TPSA) is 35.5 Å². The fraction of sp³-hybridized carbons (Fsp3) is 0.286. The summed E-state index contributed by atoms with van der Waals surface area (Å²) in [5.41, 5.74) is -1.73. The second kappa shape index (κ2) is 7.73. The van der Waals surface area contributed by atoms with Crippen molar-refractivity contribution in [2.45, 2.75) is 20.3 Å². The van der Waals surface area contributed by atoms with Gasteiger partial charge in [-0.25, -0.2) is 0 Å². The summed E-state index contributed by atoms with van der Waals surface area (Å²) in [6.45, 7) is -6.12. The number of carbonyl (C=O) groups is 1. The van der Waals surface area contributed by atoms with E-state index in [-0.39, 0.29) is 11.1 Å². The summed E-state index contributed by atoms with van der Waals surface area (Å²) in [6, 6.07) is 15.9. The van der Waals surface area contributed by atoms with Gasteiger partial charge < -0.3 is 9.47 Å². The van der Waals surface area contributed by atoms with Gasteiger partial charge >= 0.3 is 5.97 Å². The summed E-state index contributed by atoms with van der Waals surface area (Å²) in [7, 11) is 0. The van der Waals surface area contributed by atoms with Crippen LogP contribution in [0.2, 0.25) is 0 Å². The predicted octanol–water partition coefficient (Wildman–Crippen LogP) is 6.11. The SMILES string of the molecule is [2H]C([2H])([2H])C1(C([2H])([2H])[2H])C(C=C(Cl)Cl)C1C(=O)OCc1cccc(Oc2ccccc2)c1. The van der Waals surface area contributed by atoms with Gasteiger partial charge in [-0.3, -0.25) is 4.79 Å². The van der Waals surface area contributed by atoms with Crippen molar-refractivity contribution in [2.24, 2.45) is 17.3 Å². The van der Waals surface area contributed by atoms with Crippen molar-refractivity contribution < 1.29 is 22.5 Å². The van der Waals surface area contributed by atoms with Crippen LogP contribution in [0.1, 0.15) is 27.5 Å². The van der Waals surface area contributed by atoms with Crippen molar-refractivity contribution in [2.75, 3.05) is 0 Å². The van der Waals surface area contributed by atoms with E-state index >= 15 is 0 Å². The Morgan fingerprint density at radius 1 is 1.15 bits per heavy atom. The van der Waals surface area contributed by atoms with Crippen molar-refractivity contribution >= 4 is 29.2 Å². The smallest absolute Gasteiger partial charge is 0.310 e. The lowest BCUT2D eigenvalue weighted by Gasteiger charge is -2.09. The van der Waals surface area contributed by atoms with Crippen LogP contribution in [0.25, 0.3) is 0 Å². The van der Waals surface area contributed by atoms with E-state index in [4.69, 9.17) is 40.9 Å². The molecular formula is C21H20Cl2O3. The predicted molar refractivity (Wildman–Crippen MR) is 103 cm³/mol. The Bertz CT molecular complexity index is 987. The van der Waals surface area contributed by atoms with Crippen LogP contribution in [-0.4, -0.2) is 5.97 Å². The molecule has 1 aliphatic rings. The molecule has 0 radical (unpaired) electrons. The Hall–Kier alpha value is -1.97. The Labute approximate surface area is 172 Å². The highest BCUT2D eigenvalue weighted by atomic mass is 35.5. The molecule has 3 rings (SSSR count). The van der Waals surface area contributed by atoms with Crippen molar-refractivity contribution in [3.05, 3.63) is 70.7 Å². The molecular weight excluding hydrogens is 371 g/mol. The van der Waals surface area contributed by atoms with Gasteiger partial charge in [0, 0.05) is 8.22 Å². The van der Waals surface area contributed by atoms with Gasteiger partial charge in [0.05, 0.1) is 5.92 Å². The fourth-order valence-electron chi connectivity index (χ4n) is 2.68. The quantitative estimate of drug-likeness (QED) is 0.552. The maximum atomic E-state index is 12.8. The second-order valence-corrected chi connectivity index (χ2v) is 7.01. The normalized spacial score (nSPS) is 24.5. The first-order chi connectivity index (χ1) is 14.9. The van der Waals surface area contributed by atoms with Gasteiger partial charge in [0.1, 0.15) is 22.6 Å². The van der Waals surface area contributed by atoms with Gasteiger partial charge in [0.25, 0.3) is 0 Å². The molecule has 1 saturated carbocycles. The van der Waals surface area contributed by atoms with E-state index in [9.17, 15) is 4.79 Å². The monoisotopic (exact) mass is 396 g/mol. The molecule has 0 aliphatic heterocycles. The number of hydrogen-bond acceptors (Lipinski definition) is 3. The highest BCUT2D eigenvalue weighted by Gasteiger charge is 2.61. The minimum atomic E-state index is -2.96. The van der Waals surface area contributed by atoms with Gasteiger partial charge in [-0.1, -0.05) is 67.2 Å². The van der Waals surface area contributed by atoms with E-state index in [1.165, 1.54) is 0 Å². The average Bonchev–Trinajstić information content (AvgIpc) is 3.36. The van der Waals surface area contributed by atoms with Crippen LogP contribution in [-0.2, 0) is 16.1 Å². The van der Waals surface area contributed by atoms with Gasteiger partial charge in [0.15, 0.2) is 0 Å². The zero-order chi connectivity index (χ0) is 23.7. The van der Waals surface area contributed by atoms with Gasteiger partial charge in [-0.15, -0.1) is 0 Å². The molecule has 5 heteroatoms. The molecule has 26 heavy (non-hydrogen) atoms.